The van der Waals surface area contributed by atoms with Gasteiger partial charge in [-0.15, -0.1) is 11.3 Å². The van der Waals surface area contributed by atoms with Crippen molar-refractivity contribution in [2.75, 3.05) is 19.5 Å². The van der Waals surface area contributed by atoms with E-state index in [9.17, 15) is 9.59 Å². The highest BCUT2D eigenvalue weighted by Gasteiger charge is 2.22. The lowest BCUT2D eigenvalue weighted by molar-refractivity contribution is -0.123. The summed E-state index contributed by atoms with van der Waals surface area (Å²) in [5.41, 5.74) is 1.54. The third-order valence-electron chi connectivity index (χ3n) is 4.05. The summed E-state index contributed by atoms with van der Waals surface area (Å²) < 4.78 is 15.7. The first kappa shape index (κ1) is 21.5. The Hall–Kier alpha value is -3.17. The van der Waals surface area contributed by atoms with Crippen LogP contribution in [0.1, 0.15) is 17.3 Å². The zero-order valence-corrected chi connectivity index (χ0v) is 17.9. The molecule has 8 nitrogen and oxygen atoms in total. The molecular formula is C20H18ClN3O5S. The zero-order valence-electron chi connectivity index (χ0n) is 16.3. The molecule has 0 radical (unpaired) electrons. The number of nitrogens with one attached hydrogen (secondary N) is 1. The number of halogens is 1. The fourth-order valence-electron chi connectivity index (χ4n) is 2.48. The van der Waals surface area contributed by atoms with Gasteiger partial charge in [0.25, 0.3) is 5.91 Å². The summed E-state index contributed by atoms with van der Waals surface area (Å²) in [5, 5.41) is 4.81. The minimum absolute atomic E-state index is 0.00888. The second-order valence-corrected chi connectivity index (χ2v) is 7.20. The van der Waals surface area contributed by atoms with E-state index in [4.69, 9.17) is 25.8 Å². The third-order valence-corrected chi connectivity index (χ3v) is 5.10. The number of hydrogen-bond donors (Lipinski definition) is 1. The number of nitrogens with zero attached hydrogens (tertiary/aromatic N) is 2. The molecule has 0 saturated carbocycles. The number of thiazole rings is 1. The van der Waals surface area contributed by atoms with Gasteiger partial charge in [-0.1, -0.05) is 11.6 Å². The van der Waals surface area contributed by atoms with Gasteiger partial charge < -0.3 is 14.2 Å². The number of pyridine rings is 1. The van der Waals surface area contributed by atoms with Crippen LogP contribution in [0.2, 0.25) is 5.15 Å². The van der Waals surface area contributed by atoms with Crippen LogP contribution >= 0.6 is 22.9 Å². The van der Waals surface area contributed by atoms with Gasteiger partial charge in [-0.3, -0.25) is 10.1 Å². The zero-order chi connectivity index (χ0) is 21.7. The molecule has 0 aliphatic carbocycles. The summed E-state index contributed by atoms with van der Waals surface area (Å²) in [6.45, 7) is 1.46. The molecule has 1 aromatic carbocycles. The van der Waals surface area contributed by atoms with Gasteiger partial charge in [0.1, 0.15) is 5.15 Å². The molecular weight excluding hydrogens is 430 g/mol. The summed E-state index contributed by atoms with van der Waals surface area (Å²) in [4.78, 5) is 32.8. The van der Waals surface area contributed by atoms with Crippen molar-refractivity contribution in [1.29, 1.82) is 0 Å². The first-order valence-corrected chi connectivity index (χ1v) is 9.99. The van der Waals surface area contributed by atoms with E-state index in [0.29, 0.717) is 22.3 Å². The van der Waals surface area contributed by atoms with E-state index >= 15 is 0 Å². The molecule has 30 heavy (non-hydrogen) atoms. The van der Waals surface area contributed by atoms with E-state index in [-0.39, 0.29) is 10.7 Å². The topological polar surface area (TPSA) is 99.6 Å². The number of anilines is 1. The Morgan fingerprint density at radius 2 is 1.93 bits per heavy atom. The second kappa shape index (κ2) is 9.55. The summed E-state index contributed by atoms with van der Waals surface area (Å²) in [7, 11) is 3.11. The Labute approximate surface area is 181 Å². The Morgan fingerprint density at radius 3 is 2.63 bits per heavy atom. The average molecular weight is 448 g/mol. The van der Waals surface area contributed by atoms with Gasteiger partial charge in [-0.05, 0) is 37.3 Å². The van der Waals surface area contributed by atoms with Gasteiger partial charge in [-0.2, -0.15) is 0 Å². The van der Waals surface area contributed by atoms with Crippen molar-refractivity contribution in [1.82, 2.24) is 9.97 Å². The number of aromatic nitrogens is 2. The molecule has 3 aromatic rings. The maximum Gasteiger partial charge on any atom is 0.342 e. The SMILES string of the molecule is COc1ccc(-c2csc(NC(=O)C(C)OC(=O)c3cccnc3Cl)n2)cc1OC. The van der Waals surface area contributed by atoms with Crippen LogP contribution < -0.4 is 14.8 Å². The van der Waals surface area contributed by atoms with Crippen molar-refractivity contribution in [3.8, 4) is 22.8 Å². The first-order valence-electron chi connectivity index (χ1n) is 8.73. The van der Waals surface area contributed by atoms with Crippen molar-refractivity contribution in [3.63, 3.8) is 0 Å². The van der Waals surface area contributed by atoms with E-state index < -0.39 is 18.0 Å². The van der Waals surface area contributed by atoms with E-state index in [1.807, 2.05) is 6.07 Å². The van der Waals surface area contributed by atoms with Gasteiger partial charge in [0.15, 0.2) is 22.7 Å². The Kier molecular flexibility index (Phi) is 6.86. The van der Waals surface area contributed by atoms with Gasteiger partial charge in [-0.25, -0.2) is 14.8 Å². The van der Waals surface area contributed by atoms with E-state index in [0.717, 1.165) is 5.56 Å². The molecule has 0 fully saturated rings. The summed E-state index contributed by atoms with van der Waals surface area (Å²) in [6, 6.07) is 8.43. The number of esters is 1. The third kappa shape index (κ3) is 4.87. The van der Waals surface area contributed by atoms with Gasteiger partial charge in [0.05, 0.1) is 25.5 Å². The first-order chi connectivity index (χ1) is 14.4. The van der Waals surface area contributed by atoms with Gasteiger partial charge in [0.2, 0.25) is 0 Å². The van der Waals surface area contributed by atoms with Gasteiger partial charge in [0, 0.05) is 17.1 Å². The lowest BCUT2D eigenvalue weighted by Gasteiger charge is -2.12. The molecule has 1 amide bonds. The predicted molar refractivity (Wildman–Crippen MR) is 113 cm³/mol. The molecule has 156 valence electrons. The minimum atomic E-state index is -1.05. The van der Waals surface area contributed by atoms with Crippen LogP contribution in [0, 0.1) is 0 Å². The number of hydrogen-bond acceptors (Lipinski definition) is 8. The van der Waals surface area contributed by atoms with Crippen molar-refractivity contribution in [2.24, 2.45) is 0 Å². The monoisotopic (exact) mass is 447 g/mol. The highest BCUT2D eigenvalue weighted by Crippen LogP contribution is 2.33. The number of carbonyl (C=O) groups excluding carboxylic acids is 2. The van der Waals surface area contributed by atoms with Crippen molar-refractivity contribution >= 4 is 39.9 Å². The summed E-state index contributed by atoms with van der Waals surface area (Å²) >= 11 is 7.12. The molecule has 0 spiro atoms. The highest BCUT2D eigenvalue weighted by molar-refractivity contribution is 7.14. The molecule has 2 heterocycles. The number of ether oxygens (including phenoxy) is 3. The van der Waals surface area contributed by atoms with Crippen LogP contribution in [-0.2, 0) is 9.53 Å². The van der Waals surface area contributed by atoms with E-state index in [1.165, 1.54) is 30.5 Å². The molecule has 1 N–H and O–H groups in total. The quantitative estimate of drug-likeness (QED) is 0.430. The van der Waals surface area contributed by atoms with E-state index in [2.05, 4.69) is 15.3 Å². The molecule has 0 saturated heterocycles. The lowest BCUT2D eigenvalue weighted by atomic mass is 10.1. The van der Waals surface area contributed by atoms with Crippen LogP contribution in [0.5, 0.6) is 11.5 Å². The average Bonchev–Trinajstić information content (AvgIpc) is 3.21. The second-order valence-electron chi connectivity index (χ2n) is 5.99. The summed E-state index contributed by atoms with van der Waals surface area (Å²) in [5.74, 6) is -0.0740. The Morgan fingerprint density at radius 1 is 1.17 bits per heavy atom. The van der Waals surface area contributed by atoms with Crippen molar-refractivity contribution < 1.29 is 23.8 Å². The van der Waals surface area contributed by atoms with Crippen molar-refractivity contribution in [3.05, 3.63) is 52.6 Å². The fourth-order valence-corrected chi connectivity index (χ4v) is 3.40. The molecule has 0 aliphatic rings. The standard InChI is InChI=1S/C20H18ClN3O5S/c1-11(29-19(26)13-5-4-8-22-17(13)21)18(25)24-20-23-14(10-30-20)12-6-7-15(27-2)16(9-12)28-3/h4-11H,1-3H3,(H,23,24,25). The smallest absolute Gasteiger partial charge is 0.342 e. The molecule has 1 unspecified atom stereocenters. The number of amides is 1. The largest absolute Gasteiger partial charge is 0.493 e. The number of benzene rings is 1. The van der Waals surface area contributed by atoms with Crippen LogP contribution in [0.15, 0.2) is 41.9 Å². The maximum absolute atomic E-state index is 12.4. The number of rotatable bonds is 7. The van der Waals surface area contributed by atoms with Crippen molar-refractivity contribution in [2.45, 2.75) is 13.0 Å². The molecule has 0 aliphatic heterocycles. The van der Waals surface area contributed by atoms with Crippen LogP contribution in [0.25, 0.3) is 11.3 Å². The lowest BCUT2D eigenvalue weighted by Crippen LogP contribution is -2.30. The summed E-state index contributed by atoms with van der Waals surface area (Å²) in [6.07, 6.45) is 0.399. The molecule has 1 atom stereocenters. The highest BCUT2D eigenvalue weighted by atomic mass is 35.5. The number of carbonyl (C=O) groups is 2. The Balaban J connectivity index is 1.66. The van der Waals surface area contributed by atoms with Crippen LogP contribution in [0.4, 0.5) is 5.13 Å². The normalized spacial score (nSPS) is 11.5. The van der Waals surface area contributed by atoms with E-state index in [1.54, 1.807) is 37.8 Å². The predicted octanol–water partition coefficient (Wildman–Crippen LogP) is 4.06. The fraction of sp³-hybridized carbons (Fsp3) is 0.200. The minimum Gasteiger partial charge on any atom is -0.493 e. The molecule has 10 heteroatoms. The molecule has 3 rings (SSSR count). The molecule has 2 aromatic heterocycles. The molecule has 0 bridgehead atoms. The van der Waals surface area contributed by atoms with Crippen LogP contribution in [-0.4, -0.2) is 42.2 Å². The maximum atomic E-state index is 12.4. The number of methoxy groups -OCH3 is 2. The Bertz CT molecular complexity index is 1070. The van der Waals surface area contributed by atoms with Gasteiger partial charge >= 0.3 is 5.97 Å². The van der Waals surface area contributed by atoms with Crippen LogP contribution in [0.3, 0.4) is 0 Å².